The van der Waals surface area contributed by atoms with Crippen molar-refractivity contribution in [2.24, 2.45) is 10.8 Å². The number of likely N-dealkylation sites (tertiary alicyclic amines) is 1. The first-order valence-corrected chi connectivity index (χ1v) is 16.7. The Balaban J connectivity index is 1.43. The summed E-state index contributed by atoms with van der Waals surface area (Å²) in [5.41, 5.74) is -0.974. The van der Waals surface area contributed by atoms with Crippen LogP contribution in [0.4, 0.5) is 17.6 Å². The molecule has 5 atom stereocenters. The average Bonchev–Trinajstić information content (AvgIpc) is 3.07. The third-order valence-electron chi connectivity index (χ3n) is 11.3. The fourth-order valence-corrected chi connectivity index (χ4v) is 8.43. The lowest BCUT2D eigenvalue weighted by molar-refractivity contribution is -0.253. The van der Waals surface area contributed by atoms with Crippen LogP contribution in [-0.2, 0) is 15.0 Å². The molecule has 2 fully saturated rings. The summed E-state index contributed by atoms with van der Waals surface area (Å²) in [6.07, 6.45) is -6.68. The van der Waals surface area contributed by atoms with Crippen molar-refractivity contribution in [2.75, 3.05) is 19.6 Å². The van der Waals surface area contributed by atoms with Gasteiger partial charge in [0, 0.05) is 23.4 Å². The monoisotopic (exact) mass is 684 g/mol. The number of carboxylic acids is 2. The minimum Gasteiger partial charge on any atom is -0.481 e. The molecule has 0 radical (unpaired) electrons. The molecule has 0 aliphatic carbocycles. The number of halogens is 4. The van der Waals surface area contributed by atoms with Crippen LogP contribution >= 0.6 is 0 Å². The second kappa shape index (κ2) is 14.1. The van der Waals surface area contributed by atoms with Gasteiger partial charge < -0.3 is 25.2 Å². The average molecular weight is 685 g/mol. The van der Waals surface area contributed by atoms with Crippen LogP contribution in [0.1, 0.15) is 69.1 Å². The largest absolute Gasteiger partial charge is 0.481 e. The highest BCUT2D eigenvalue weighted by atomic mass is 19.3. The van der Waals surface area contributed by atoms with Gasteiger partial charge in [0.15, 0.2) is 0 Å². The highest BCUT2D eigenvalue weighted by Gasteiger charge is 2.65. The molecule has 2 aliphatic heterocycles. The lowest BCUT2D eigenvalue weighted by Gasteiger charge is -2.56. The number of piperidine rings is 2. The predicted octanol–water partition coefficient (Wildman–Crippen LogP) is 7.41. The van der Waals surface area contributed by atoms with E-state index in [2.05, 4.69) is 39.2 Å². The summed E-state index contributed by atoms with van der Waals surface area (Å²) < 4.78 is 58.1. The summed E-state index contributed by atoms with van der Waals surface area (Å²) in [4.78, 5) is 28.8. The van der Waals surface area contributed by atoms with Gasteiger partial charge in [-0.3, -0.25) is 9.59 Å². The van der Waals surface area contributed by atoms with Crippen molar-refractivity contribution in [1.82, 2.24) is 10.2 Å². The second-order valence-electron chi connectivity index (χ2n) is 13.8. The number of nitrogens with one attached hydrogen (secondary N) is 1. The minimum absolute atomic E-state index is 0.0774. The van der Waals surface area contributed by atoms with E-state index in [0.29, 0.717) is 13.0 Å². The van der Waals surface area contributed by atoms with Crippen LogP contribution in [0.5, 0.6) is 5.75 Å². The molecule has 0 aromatic heterocycles. The fourth-order valence-electron chi connectivity index (χ4n) is 8.43. The number of carboxylic acid groups (broad SMARTS) is 2. The van der Waals surface area contributed by atoms with Gasteiger partial charge in [0.1, 0.15) is 5.75 Å². The molecule has 0 bridgehead atoms. The van der Waals surface area contributed by atoms with E-state index in [9.17, 15) is 37.4 Å². The summed E-state index contributed by atoms with van der Waals surface area (Å²) in [5.74, 6) is -4.34. The van der Waals surface area contributed by atoms with Crippen LogP contribution in [0.15, 0.2) is 84.9 Å². The van der Waals surface area contributed by atoms with E-state index in [4.69, 9.17) is 0 Å². The fraction of sp³-hybridized carbons (Fsp3) is 0.474. The number of alkyl halides is 4. The molecular formula is C38H44F4N2O5. The van der Waals surface area contributed by atoms with E-state index in [1.807, 2.05) is 36.4 Å². The van der Waals surface area contributed by atoms with E-state index >= 15 is 0 Å². The molecule has 2 saturated heterocycles. The van der Waals surface area contributed by atoms with Crippen LogP contribution in [-0.4, -0.2) is 71.3 Å². The molecule has 0 spiro atoms. The molecule has 49 heavy (non-hydrogen) atoms. The Morgan fingerprint density at radius 3 is 1.98 bits per heavy atom. The molecule has 3 aromatic carbocycles. The molecular weight excluding hydrogens is 640 g/mol. The van der Waals surface area contributed by atoms with Gasteiger partial charge in [0.05, 0.1) is 10.8 Å². The molecule has 0 saturated carbocycles. The number of carbonyl (C=O) groups is 2. The first-order valence-electron chi connectivity index (χ1n) is 16.7. The van der Waals surface area contributed by atoms with Crippen molar-refractivity contribution in [1.29, 1.82) is 0 Å². The molecule has 5 rings (SSSR count). The van der Waals surface area contributed by atoms with E-state index in [-0.39, 0.29) is 17.4 Å². The summed E-state index contributed by atoms with van der Waals surface area (Å²) in [6, 6.07) is 24.3. The van der Waals surface area contributed by atoms with Gasteiger partial charge in [0.25, 0.3) is 0 Å². The molecule has 11 heteroatoms. The Morgan fingerprint density at radius 1 is 0.898 bits per heavy atom. The van der Waals surface area contributed by atoms with Crippen molar-refractivity contribution >= 4 is 11.9 Å². The van der Waals surface area contributed by atoms with Crippen molar-refractivity contribution in [3.05, 3.63) is 102 Å². The number of ether oxygens (including phenoxy) is 1. The Morgan fingerprint density at radius 2 is 1.47 bits per heavy atom. The quantitative estimate of drug-likeness (QED) is 0.171. The summed E-state index contributed by atoms with van der Waals surface area (Å²) in [6.45, 7) is 6.88. The molecule has 2 aliphatic rings. The molecule has 0 amide bonds. The Bertz CT molecular complexity index is 1560. The van der Waals surface area contributed by atoms with Gasteiger partial charge in [-0.2, -0.15) is 17.6 Å². The lowest BCUT2D eigenvalue weighted by Crippen LogP contribution is -2.68. The number of benzene rings is 3. The van der Waals surface area contributed by atoms with E-state index < -0.39 is 59.1 Å². The van der Waals surface area contributed by atoms with Crippen molar-refractivity contribution in [3.8, 4) is 5.75 Å². The Hall–Kier alpha value is -3.96. The van der Waals surface area contributed by atoms with E-state index in [1.165, 1.54) is 30.2 Å². The number of nitrogens with zero attached hydrogens (tertiary/aromatic N) is 1. The highest BCUT2D eigenvalue weighted by Crippen LogP contribution is 2.57. The van der Waals surface area contributed by atoms with Crippen LogP contribution < -0.4 is 10.1 Å². The third kappa shape index (κ3) is 6.67. The van der Waals surface area contributed by atoms with Crippen LogP contribution in [0.3, 0.4) is 0 Å². The highest BCUT2D eigenvalue weighted by molar-refractivity contribution is 5.84. The Labute approximate surface area is 284 Å². The number of rotatable bonds is 12. The van der Waals surface area contributed by atoms with Gasteiger partial charge in [0.2, 0.25) is 0 Å². The van der Waals surface area contributed by atoms with Gasteiger partial charge in [-0.1, -0.05) is 72.8 Å². The zero-order chi connectivity index (χ0) is 35.6. The molecule has 3 aromatic rings. The van der Waals surface area contributed by atoms with Gasteiger partial charge in [-0.15, -0.1) is 0 Å². The summed E-state index contributed by atoms with van der Waals surface area (Å²) >= 11 is 0. The Kier molecular flexibility index (Phi) is 10.5. The van der Waals surface area contributed by atoms with Crippen LogP contribution in [0.25, 0.3) is 0 Å². The summed E-state index contributed by atoms with van der Waals surface area (Å²) in [5, 5.41) is 24.8. The first-order chi connectivity index (χ1) is 23.2. The first kappa shape index (κ1) is 36.3. The predicted molar refractivity (Wildman–Crippen MR) is 177 cm³/mol. The van der Waals surface area contributed by atoms with Crippen LogP contribution in [0, 0.1) is 10.8 Å². The molecule has 7 nitrogen and oxygen atoms in total. The standard InChI is InChI=1S/C38H44F4N2O5/c1-25-35(3,33(45)46)31(27-12-10-17-30(24-27)49-38(41,42)32(39)40)37(34(47)48,26(2)43-25)18-11-21-44-22-19-36(20-23-44,28-13-6-4-7-14-28)29-15-8-5-9-16-29/h4-10,12-17,24-26,31-32,43H,11,18-23H2,1-3H3,(H,45,46)(H,47,48). The second-order valence-corrected chi connectivity index (χ2v) is 13.8. The van der Waals surface area contributed by atoms with Crippen LogP contribution in [0.2, 0.25) is 0 Å². The zero-order valence-corrected chi connectivity index (χ0v) is 27.9. The van der Waals surface area contributed by atoms with E-state index in [1.54, 1.807) is 13.8 Å². The lowest BCUT2D eigenvalue weighted by atomic mass is 9.51. The maximum absolute atomic E-state index is 13.9. The van der Waals surface area contributed by atoms with Gasteiger partial charge in [-0.05, 0) is 94.9 Å². The maximum Gasteiger partial charge on any atom is 0.461 e. The van der Waals surface area contributed by atoms with Gasteiger partial charge >= 0.3 is 24.5 Å². The number of aliphatic carboxylic acids is 2. The molecule has 5 unspecified atom stereocenters. The summed E-state index contributed by atoms with van der Waals surface area (Å²) in [7, 11) is 0. The molecule has 2 heterocycles. The SMILES string of the molecule is CC1NC(C)C(CCCN2CCC(c3ccccc3)(c3ccccc3)CC2)(C(=O)O)C(c2cccc(OC(F)(F)C(F)F)c2)C1(C)C(=O)O. The van der Waals surface area contributed by atoms with E-state index in [0.717, 1.165) is 38.1 Å². The smallest absolute Gasteiger partial charge is 0.461 e. The molecule has 3 N–H and O–H groups in total. The van der Waals surface area contributed by atoms with Crippen molar-refractivity contribution < 1.29 is 42.1 Å². The zero-order valence-electron chi connectivity index (χ0n) is 27.9. The third-order valence-corrected chi connectivity index (χ3v) is 11.3. The topological polar surface area (TPSA) is 99.1 Å². The minimum atomic E-state index is -4.79. The molecule has 264 valence electrons. The number of hydrogen-bond donors (Lipinski definition) is 3. The van der Waals surface area contributed by atoms with Crippen molar-refractivity contribution in [2.45, 2.75) is 82.4 Å². The van der Waals surface area contributed by atoms with Crippen molar-refractivity contribution in [3.63, 3.8) is 0 Å². The number of hydrogen-bond acceptors (Lipinski definition) is 5. The normalized spacial score (nSPS) is 27.5. The maximum atomic E-state index is 13.9. The van der Waals surface area contributed by atoms with Gasteiger partial charge in [-0.25, -0.2) is 0 Å².